The summed E-state index contributed by atoms with van der Waals surface area (Å²) < 4.78 is 13.0. The highest BCUT2D eigenvalue weighted by molar-refractivity contribution is 5.95. The van der Waals surface area contributed by atoms with E-state index in [-0.39, 0.29) is 17.2 Å². The summed E-state index contributed by atoms with van der Waals surface area (Å²) in [6.45, 7) is 5.98. The third-order valence-electron chi connectivity index (χ3n) is 2.02. The third kappa shape index (κ3) is 3.08. The molecule has 0 aliphatic rings. The Balaban J connectivity index is 2.91. The van der Waals surface area contributed by atoms with Gasteiger partial charge in [-0.3, -0.25) is 4.79 Å². The number of benzene rings is 1. The number of carbonyl (C=O) groups excluding carboxylic acids is 1. The molecule has 0 fully saturated rings. The van der Waals surface area contributed by atoms with Crippen LogP contribution in [0.5, 0.6) is 0 Å². The van der Waals surface area contributed by atoms with Crippen LogP contribution in [0, 0.1) is 5.82 Å². The largest absolute Gasteiger partial charge is 0.399 e. The molecule has 0 spiro atoms. The number of hydrogen-bond donors (Lipinski definition) is 1. The Morgan fingerprint density at radius 3 is 2.62 bits per heavy atom. The Labute approximate surface area is 94.4 Å². The van der Waals surface area contributed by atoms with Gasteiger partial charge in [0, 0.05) is 24.8 Å². The van der Waals surface area contributed by atoms with Crippen molar-refractivity contribution in [2.24, 2.45) is 0 Å². The van der Waals surface area contributed by atoms with Crippen molar-refractivity contribution in [1.29, 1.82) is 0 Å². The molecule has 1 aromatic carbocycles. The molecule has 2 N–H and O–H groups in total. The Kier molecular flexibility index (Phi) is 3.66. The van der Waals surface area contributed by atoms with Crippen LogP contribution < -0.4 is 5.73 Å². The topological polar surface area (TPSA) is 46.3 Å². The highest BCUT2D eigenvalue weighted by Crippen LogP contribution is 2.12. The molecule has 1 rings (SSSR count). The van der Waals surface area contributed by atoms with Crippen LogP contribution >= 0.6 is 0 Å². The van der Waals surface area contributed by atoms with Gasteiger partial charge in [0.25, 0.3) is 5.91 Å². The normalized spacial score (nSPS) is 9.94. The van der Waals surface area contributed by atoms with Crippen molar-refractivity contribution < 1.29 is 9.18 Å². The van der Waals surface area contributed by atoms with Gasteiger partial charge >= 0.3 is 0 Å². The van der Waals surface area contributed by atoms with Gasteiger partial charge in [-0.1, -0.05) is 12.2 Å². The molecule has 0 heterocycles. The van der Waals surface area contributed by atoms with Gasteiger partial charge < -0.3 is 10.6 Å². The number of halogens is 1. The number of nitrogens with two attached hydrogens (primary N) is 1. The number of anilines is 1. The van der Waals surface area contributed by atoms with Crippen molar-refractivity contribution in [3.05, 3.63) is 41.7 Å². The van der Waals surface area contributed by atoms with E-state index in [9.17, 15) is 9.18 Å². The minimum absolute atomic E-state index is 0.243. The van der Waals surface area contributed by atoms with Crippen molar-refractivity contribution in [3.63, 3.8) is 0 Å². The van der Waals surface area contributed by atoms with Crippen molar-refractivity contribution >= 4 is 11.6 Å². The number of likely N-dealkylation sites (N-methyl/N-ethyl adjacent to an activating group) is 1. The number of carbonyl (C=O) groups is 1. The van der Waals surface area contributed by atoms with Gasteiger partial charge in [0.1, 0.15) is 5.82 Å². The Morgan fingerprint density at radius 1 is 1.50 bits per heavy atom. The van der Waals surface area contributed by atoms with Crippen LogP contribution in [0.1, 0.15) is 17.3 Å². The average molecular weight is 222 g/mol. The summed E-state index contributed by atoms with van der Waals surface area (Å²) in [6.07, 6.45) is 0. The fraction of sp³-hybridized carbons (Fsp3) is 0.250. The lowest BCUT2D eigenvalue weighted by Gasteiger charge is -2.17. The van der Waals surface area contributed by atoms with E-state index >= 15 is 0 Å². The van der Waals surface area contributed by atoms with E-state index < -0.39 is 5.82 Å². The van der Waals surface area contributed by atoms with E-state index in [1.807, 2.05) is 6.92 Å². The van der Waals surface area contributed by atoms with Crippen molar-refractivity contribution in [3.8, 4) is 0 Å². The Morgan fingerprint density at radius 2 is 2.12 bits per heavy atom. The first kappa shape index (κ1) is 12.2. The highest BCUT2D eigenvalue weighted by Gasteiger charge is 2.12. The number of amides is 1. The van der Waals surface area contributed by atoms with Crippen molar-refractivity contribution in [2.75, 3.05) is 19.3 Å². The first-order valence-corrected chi connectivity index (χ1v) is 4.86. The molecule has 16 heavy (non-hydrogen) atoms. The maximum atomic E-state index is 13.0. The third-order valence-corrected chi connectivity index (χ3v) is 2.02. The monoisotopic (exact) mass is 222 g/mol. The maximum absolute atomic E-state index is 13.0. The molecular weight excluding hydrogens is 207 g/mol. The Hall–Kier alpha value is -1.84. The summed E-state index contributed by atoms with van der Waals surface area (Å²) >= 11 is 0. The molecule has 0 saturated carbocycles. The van der Waals surface area contributed by atoms with E-state index in [2.05, 4.69) is 6.58 Å². The predicted molar refractivity (Wildman–Crippen MR) is 62.6 cm³/mol. The van der Waals surface area contributed by atoms with Gasteiger partial charge in [0.2, 0.25) is 0 Å². The quantitative estimate of drug-likeness (QED) is 0.628. The van der Waals surface area contributed by atoms with E-state index in [4.69, 9.17) is 5.73 Å². The molecule has 1 amide bonds. The van der Waals surface area contributed by atoms with E-state index in [1.165, 1.54) is 23.1 Å². The lowest BCUT2D eigenvalue weighted by Crippen LogP contribution is -2.28. The minimum Gasteiger partial charge on any atom is -0.399 e. The summed E-state index contributed by atoms with van der Waals surface area (Å²) in [4.78, 5) is 13.3. The van der Waals surface area contributed by atoms with Crippen LogP contribution in [-0.4, -0.2) is 24.4 Å². The van der Waals surface area contributed by atoms with Crippen LogP contribution in [0.15, 0.2) is 30.4 Å². The van der Waals surface area contributed by atoms with Crippen LogP contribution in [-0.2, 0) is 0 Å². The minimum atomic E-state index is -0.507. The van der Waals surface area contributed by atoms with Crippen LogP contribution in [0.3, 0.4) is 0 Å². The molecule has 0 atom stereocenters. The van der Waals surface area contributed by atoms with E-state index in [1.54, 1.807) is 7.05 Å². The molecule has 0 aliphatic carbocycles. The van der Waals surface area contributed by atoms with Crippen LogP contribution in [0.2, 0.25) is 0 Å². The van der Waals surface area contributed by atoms with Crippen molar-refractivity contribution in [2.45, 2.75) is 6.92 Å². The Bertz CT molecular complexity index is 409. The molecule has 0 aliphatic heterocycles. The van der Waals surface area contributed by atoms with Gasteiger partial charge in [-0.05, 0) is 25.1 Å². The standard InChI is InChI=1S/C12H15FN2O/c1-8(2)7-15(3)12(16)9-4-10(13)6-11(14)5-9/h4-6H,1,7,14H2,2-3H3. The molecule has 0 saturated heterocycles. The molecule has 0 unspecified atom stereocenters. The SMILES string of the molecule is C=C(C)CN(C)C(=O)c1cc(N)cc(F)c1. The predicted octanol–water partition coefficient (Wildman–Crippen LogP) is 2.06. The van der Waals surface area contributed by atoms with E-state index in [0.717, 1.165) is 5.57 Å². The number of rotatable bonds is 3. The molecule has 3 nitrogen and oxygen atoms in total. The summed E-state index contributed by atoms with van der Waals surface area (Å²) in [5.41, 5.74) is 6.83. The molecule has 86 valence electrons. The maximum Gasteiger partial charge on any atom is 0.254 e. The van der Waals surface area contributed by atoms with Gasteiger partial charge in [-0.25, -0.2) is 4.39 Å². The van der Waals surface area contributed by atoms with Gasteiger partial charge in [0.05, 0.1) is 0 Å². The summed E-state index contributed by atoms with van der Waals surface area (Å²) in [5.74, 6) is -0.777. The number of nitrogens with zero attached hydrogens (tertiary/aromatic N) is 1. The van der Waals surface area contributed by atoms with Gasteiger partial charge in [-0.2, -0.15) is 0 Å². The molecule has 4 heteroatoms. The zero-order chi connectivity index (χ0) is 12.3. The molecule has 0 bridgehead atoms. The zero-order valence-corrected chi connectivity index (χ0v) is 9.46. The van der Waals surface area contributed by atoms with Crippen LogP contribution in [0.4, 0.5) is 10.1 Å². The van der Waals surface area contributed by atoms with E-state index in [0.29, 0.717) is 6.54 Å². The molecule has 1 aromatic rings. The number of hydrogen-bond acceptors (Lipinski definition) is 2. The second-order valence-corrected chi connectivity index (χ2v) is 3.89. The first-order chi connectivity index (χ1) is 7.40. The lowest BCUT2D eigenvalue weighted by molar-refractivity contribution is 0.0806. The first-order valence-electron chi connectivity index (χ1n) is 4.86. The fourth-order valence-corrected chi connectivity index (χ4v) is 1.43. The zero-order valence-electron chi connectivity index (χ0n) is 9.46. The van der Waals surface area contributed by atoms with Gasteiger partial charge in [0.15, 0.2) is 0 Å². The molecule has 0 radical (unpaired) electrons. The summed E-state index contributed by atoms with van der Waals surface area (Å²) in [5, 5.41) is 0. The smallest absolute Gasteiger partial charge is 0.254 e. The average Bonchev–Trinajstić information content (AvgIpc) is 2.13. The van der Waals surface area contributed by atoms with Crippen LogP contribution in [0.25, 0.3) is 0 Å². The number of nitrogen functional groups attached to an aromatic ring is 1. The van der Waals surface area contributed by atoms with Crippen molar-refractivity contribution in [1.82, 2.24) is 4.90 Å². The second-order valence-electron chi connectivity index (χ2n) is 3.89. The summed E-state index contributed by atoms with van der Waals surface area (Å²) in [6, 6.07) is 3.81. The lowest BCUT2D eigenvalue weighted by atomic mass is 10.1. The van der Waals surface area contributed by atoms with Gasteiger partial charge in [-0.15, -0.1) is 0 Å². The second kappa shape index (κ2) is 4.79. The fourth-order valence-electron chi connectivity index (χ4n) is 1.43. The highest BCUT2D eigenvalue weighted by atomic mass is 19.1. The molecular formula is C12H15FN2O. The summed E-state index contributed by atoms with van der Waals surface area (Å²) in [7, 11) is 1.64. The molecule has 0 aromatic heterocycles.